The molecule has 0 saturated carbocycles. The Kier molecular flexibility index (Phi) is 30.0. The average molecular weight is 2110 g/mol. The van der Waals surface area contributed by atoms with E-state index in [1.807, 2.05) is 100 Å². The van der Waals surface area contributed by atoms with Gasteiger partial charge in [0.2, 0.25) is 0 Å². The minimum atomic E-state index is -4.86. The van der Waals surface area contributed by atoms with Gasteiger partial charge in [-0.3, -0.25) is 0 Å². The predicted octanol–water partition coefficient (Wildman–Crippen LogP) is 34.4. The fraction of sp³-hybridized carbons (Fsp3) is 0.118. The van der Waals surface area contributed by atoms with Crippen LogP contribution in [0.15, 0.2) is 330 Å². The Balaban J connectivity index is 0.000000131. The van der Waals surface area contributed by atoms with Gasteiger partial charge in [0, 0.05) is 88.0 Å². The number of H-pyrrole nitrogens is 5. The Morgan fingerprint density at radius 1 is 0.293 bits per heavy atom. The molecular formula is C110H76BrClF18N10O7. The molecular weight excluding hydrogens is 2030 g/mol. The number of terminal acetylenes is 1. The molecule has 748 valence electrons. The van der Waals surface area contributed by atoms with Crippen molar-refractivity contribution in [1.29, 1.82) is 0 Å². The van der Waals surface area contributed by atoms with Crippen LogP contribution in [0, 0.1) is 47.0 Å². The molecule has 10 aromatic heterocycles. The molecule has 0 unspecified atom stereocenters. The molecule has 0 atom stereocenters. The number of aromatic amines is 5. The van der Waals surface area contributed by atoms with Crippen LogP contribution in [0.3, 0.4) is 0 Å². The van der Waals surface area contributed by atoms with Crippen LogP contribution < -0.4 is 9.47 Å². The number of furan rings is 5. The van der Waals surface area contributed by atoms with Crippen molar-refractivity contribution in [1.82, 2.24) is 49.8 Å². The molecule has 10 heterocycles. The van der Waals surface area contributed by atoms with E-state index in [-0.39, 0.29) is 74.0 Å². The van der Waals surface area contributed by atoms with Crippen molar-refractivity contribution in [3.05, 3.63) is 375 Å². The molecule has 20 aromatic rings. The number of benzene rings is 10. The summed E-state index contributed by atoms with van der Waals surface area (Å²) >= 11 is 9.33. The van der Waals surface area contributed by atoms with Gasteiger partial charge in [-0.2, -0.15) is 52.7 Å². The highest BCUT2D eigenvalue weighted by Gasteiger charge is 2.39. The van der Waals surface area contributed by atoms with Crippen LogP contribution in [0.25, 0.3) is 171 Å². The number of alkyl halides is 18. The van der Waals surface area contributed by atoms with E-state index in [2.05, 4.69) is 100 Å². The molecule has 0 amide bonds. The van der Waals surface area contributed by atoms with Gasteiger partial charge < -0.3 is 56.5 Å². The Hall–Kier alpha value is -16.7. The third-order valence-electron chi connectivity index (χ3n) is 22.6. The summed E-state index contributed by atoms with van der Waals surface area (Å²) in [6.07, 6.45) is -21.1. The molecule has 147 heavy (non-hydrogen) atoms. The summed E-state index contributed by atoms with van der Waals surface area (Å²) in [5, 5.41) is 0.623. The lowest BCUT2D eigenvalue weighted by Crippen LogP contribution is -2.17. The van der Waals surface area contributed by atoms with Crippen molar-refractivity contribution < 1.29 is 111 Å². The van der Waals surface area contributed by atoms with E-state index in [9.17, 15) is 79.0 Å². The first-order chi connectivity index (χ1) is 69.9. The zero-order chi connectivity index (χ0) is 105. The third-order valence-corrected chi connectivity index (χ3v) is 23.3. The fourth-order valence-corrected chi connectivity index (χ4v) is 16.0. The standard InChI is InChI=1S/C23H19F3N2O.C23H15F3N2O.C22H14F6N2O2.C21H14BrF3N2O.C21H14ClF3N2O2/c2*1-3-15-8-10-16(11-9-15)21-14(2)27-22(28-21)20-13-12-19(29-20)17-6-4-5-7-18(17)23(24,25)26;1-12-19(13-6-8-14(9-7-13)21(23,24)25)30-20(29-12)18-11-10-16(31-18)15-4-2-3-5-17(15)32-22(26,27)28;1-12-19(13-6-8-14(22)9-7-13)27-20(26-12)18-11-10-17(28-18)15-4-2-3-5-16(15)21(23,24)25;1-12-19(13-6-8-14(22)9-7-13)27-20(26-12)18-11-10-16(28-18)15-4-2-3-5-17(15)29-21(23,24)25/h4-13H,3H2,1-2H3,(H,27,28);1,4-13H,2H3,(H,27,28);2-11H,1H3,(H,29,30);2-11H,1H3,(H,26,27);2-11H,1H3,(H,26,27). The van der Waals surface area contributed by atoms with Gasteiger partial charge in [0.1, 0.15) is 40.3 Å². The highest BCUT2D eigenvalue weighted by molar-refractivity contribution is 9.10. The van der Waals surface area contributed by atoms with Gasteiger partial charge >= 0.3 is 37.4 Å². The van der Waals surface area contributed by atoms with Crippen molar-refractivity contribution in [2.24, 2.45) is 0 Å². The van der Waals surface area contributed by atoms with E-state index < -0.39 is 65.4 Å². The minimum absolute atomic E-state index is 0.00217. The van der Waals surface area contributed by atoms with Crippen LogP contribution in [0.1, 0.15) is 68.8 Å². The number of hydrogen-bond acceptors (Lipinski definition) is 12. The molecule has 17 nitrogen and oxygen atoms in total. The summed E-state index contributed by atoms with van der Waals surface area (Å²) in [7, 11) is 0. The van der Waals surface area contributed by atoms with Crippen LogP contribution in [0.4, 0.5) is 79.0 Å². The lowest BCUT2D eigenvalue weighted by atomic mass is 10.1. The number of hydrogen-bond donors (Lipinski definition) is 5. The first-order valence-corrected chi connectivity index (χ1v) is 45.4. The molecule has 0 aliphatic carbocycles. The van der Waals surface area contributed by atoms with Crippen molar-refractivity contribution in [2.45, 2.75) is 85.4 Å². The molecule has 37 heteroatoms. The topological polar surface area (TPSA) is 228 Å². The van der Waals surface area contributed by atoms with Gasteiger partial charge in [0.15, 0.2) is 57.9 Å². The molecule has 0 bridgehead atoms. The highest BCUT2D eigenvalue weighted by atomic mass is 79.9. The first-order valence-electron chi connectivity index (χ1n) is 44.3. The van der Waals surface area contributed by atoms with Gasteiger partial charge in [0.05, 0.1) is 61.9 Å². The first kappa shape index (κ1) is 103. The summed E-state index contributed by atoms with van der Waals surface area (Å²) in [5.74, 6) is 6.47. The number of imidazole rings is 5. The molecule has 0 fully saturated rings. The van der Waals surface area contributed by atoms with E-state index in [0.29, 0.717) is 68.3 Å². The van der Waals surface area contributed by atoms with E-state index in [1.54, 1.807) is 79.7 Å². The summed E-state index contributed by atoms with van der Waals surface area (Å²) in [5.41, 5.74) is 10.7. The van der Waals surface area contributed by atoms with Crippen molar-refractivity contribution in [3.63, 3.8) is 0 Å². The number of rotatable bonds is 18. The Labute approximate surface area is 838 Å². The smallest absolute Gasteiger partial charge is 0.453 e. The quantitative estimate of drug-likeness (QED) is 0.0399. The highest BCUT2D eigenvalue weighted by Crippen LogP contribution is 2.47. The summed E-state index contributed by atoms with van der Waals surface area (Å²) in [4.78, 5) is 38.3. The normalized spacial score (nSPS) is 11.8. The average Bonchev–Trinajstić information content (AvgIpc) is 1.66. The van der Waals surface area contributed by atoms with Gasteiger partial charge in [0.25, 0.3) is 0 Å². The number of nitrogens with zero attached hydrogens (tertiary/aromatic N) is 5. The SMILES string of the molecule is C#Cc1ccc(-c2nc(-c3ccc(-c4ccccc4C(F)(F)F)o3)[nH]c2C)cc1.CCc1ccc(-c2nc(-c3ccc(-c4ccccc4C(F)(F)F)o3)[nH]c2C)cc1.Cc1[nH]c(-c2ccc(-c3ccccc3C(F)(F)F)o2)nc1-c1ccc(Br)cc1.Cc1[nH]c(-c2ccc(-c3ccccc3OC(F)(F)F)o2)nc1-c1ccc(C(F)(F)F)cc1.Cc1[nH]c(-c2ccc(-c3ccccc3OC(F)(F)F)o2)nc1-c1ccc(Cl)cc1. The molecule has 0 aliphatic rings. The Morgan fingerprint density at radius 2 is 0.531 bits per heavy atom. The van der Waals surface area contributed by atoms with Crippen LogP contribution in [0.5, 0.6) is 11.5 Å². The third kappa shape index (κ3) is 24.7. The summed E-state index contributed by atoms with van der Waals surface area (Å²) in [6, 6.07) is 78.1. The molecule has 0 spiro atoms. The number of aromatic nitrogens is 10. The monoisotopic (exact) mass is 2100 g/mol. The zero-order valence-corrected chi connectivity index (χ0v) is 79.6. The van der Waals surface area contributed by atoms with Gasteiger partial charge in [-0.25, -0.2) is 24.9 Å². The van der Waals surface area contributed by atoms with Gasteiger partial charge in [-0.15, -0.1) is 32.8 Å². The number of nitrogens with one attached hydrogen (secondary N) is 5. The second kappa shape index (κ2) is 42.7. The number of para-hydroxylation sites is 2. The minimum Gasteiger partial charge on any atom is -0.453 e. The lowest BCUT2D eigenvalue weighted by molar-refractivity contribution is -0.275. The van der Waals surface area contributed by atoms with E-state index in [0.717, 1.165) is 115 Å². The number of ether oxygens (including phenoxy) is 2. The second-order valence-corrected chi connectivity index (χ2v) is 34.0. The molecule has 0 aliphatic heterocycles. The molecule has 0 radical (unpaired) electrons. The summed E-state index contributed by atoms with van der Waals surface area (Å²) in [6.45, 7) is 11.3. The van der Waals surface area contributed by atoms with Gasteiger partial charge in [-0.1, -0.05) is 192 Å². The van der Waals surface area contributed by atoms with Gasteiger partial charge in [-0.05, 0) is 198 Å². The molecule has 10 aromatic carbocycles. The van der Waals surface area contributed by atoms with E-state index in [1.165, 1.54) is 121 Å². The molecule has 5 N–H and O–H groups in total. The van der Waals surface area contributed by atoms with Crippen LogP contribution in [-0.4, -0.2) is 62.6 Å². The van der Waals surface area contributed by atoms with Crippen molar-refractivity contribution >= 4 is 27.5 Å². The number of halogens is 20. The fourth-order valence-electron chi connectivity index (χ4n) is 15.6. The molecule has 20 rings (SSSR count). The van der Waals surface area contributed by atoms with Crippen LogP contribution in [0.2, 0.25) is 5.02 Å². The maximum absolute atomic E-state index is 13.3. The maximum Gasteiger partial charge on any atom is 0.573 e. The second-order valence-electron chi connectivity index (χ2n) is 32.7. The summed E-state index contributed by atoms with van der Waals surface area (Å²) < 4.78 is 272. The predicted molar refractivity (Wildman–Crippen MR) is 523 cm³/mol. The number of aryl methyl sites for hydroxylation is 6. The maximum atomic E-state index is 13.3. The van der Waals surface area contributed by atoms with Crippen LogP contribution in [-0.2, 0) is 31.1 Å². The Morgan fingerprint density at radius 3 is 0.796 bits per heavy atom. The van der Waals surface area contributed by atoms with Crippen molar-refractivity contribution in [3.8, 4) is 195 Å². The van der Waals surface area contributed by atoms with Crippen molar-refractivity contribution in [2.75, 3.05) is 0 Å². The lowest BCUT2D eigenvalue weighted by Gasteiger charge is -2.11. The Bertz CT molecular complexity index is 8040. The molecule has 0 saturated heterocycles. The van der Waals surface area contributed by atoms with Crippen LogP contribution >= 0.6 is 27.5 Å². The van der Waals surface area contributed by atoms with E-state index in [4.69, 9.17) is 40.1 Å². The zero-order valence-electron chi connectivity index (χ0n) is 77.3. The largest absolute Gasteiger partial charge is 0.573 e. The van der Waals surface area contributed by atoms with E-state index >= 15 is 0 Å².